The minimum Gasteiger partial charge on any atom is -0.459 e. The number of aryl methyl sites for hydroxylation is 2. The molecule has 0 spiro atoms. The Balaban J connectivity index is 2.04. The molecule has 7 nitrogen and oxygen atoms in total. The third kappa shape index (κ3) is 5.26. The lowest BCUT2D eigenvalue weighted by atomic mass is 10.1. The summed E-state index contributed by atoms with van der Waals surface area (Å²) in [6.07, 6.45) is 3.81. The Labute approximate surface area is 155 Å². The van der Waals surface area contributed by atoms with Gasteiger partial charge in [-0.3, -0.25) is 14.4 Å². The fourth-order valence-corrected chi connectivity index (χ4v) is 3.01. The average molecular weight is 377 g/mol. The topological polar surface area (TPSA) is 104 Å². The average Bonchev–Trinajstić information content (AvgIpc) is 3.11. The van der Waals surface area contributed by atoms with Gasteiger partial charge in [0.05, 0.1) is 6.26 Å². The van der Waals surface area contributed by atoms with Crippen molar-refractivity contribution in [2.24, 2.45) is 0 Å². The summed E-state index contributed by atoms with van der Waals surface area (Å²) in [7, 11) is 0. The van der Waals surface area contributed by atoms with Gasteiger partial charge in [-0.15, -0.1) is 0 Å². The number of H-pyrrole nitrogens is 1. The zero-order chi connectivity index (χ0) is 19.1. The number of nitrogens with one attached hydrogen (secondary N) is 3. The minimum atomic E-state index is -0.704. The molecule has 2 amide bonds. The number of furan rings is 1. The Morgan fingerprint density at radius 2 is 2.12 bits per heavy atom. The van der Waals surface area contributed by atoms with E-state index in [2.05, 4.69) is 15.6 Å². The molecule has 0 bridgehead atoms. The van der Waals surface area contributed by atoms with E-state index >= 15 is 0 Å². The van der Waals surface area contributed by atoms with E-state index in [0.717, 1.165) is 11.3 Å². The molecule has 3 N–H and O–H groups in total. The molecule has 0 saturated carbocycles. The highest BCUT2D eigenvalue weighted by molar-refractivity contribution is 7.98. The number of hydrogen-bond donors (Lipinski definition) is 3. The van der Waals surface area contributed by atoms with Gasteiger partial charge >= 0.3 is 0 Å². The summed E-state index contributed by atoms with van der Waals surface area (Å²) in [5.74, 6) is 0.0810. The van der Waals surface area contributed by atoms with E-state index in [1.54, 1.807) is 24.8 Å². The van der Waals surface area contributed by atoms with Crippen LogP contribution in [-0.2, 0) is 11.3 Å². The van der Waals surface area contributed by atoms with Crippen LogP contribution < -0.4 is 16.2 Å². The summed E-state index contributed by atoms with van der Waals surface area (Å²) in [6, 6.07) is 4.30. The Bertz CT molecular complexity index is 814. The van der Waals surface area contributed by atoms with Crippen LogP contribution in [0.2, 0.25) is 0 Å². The molecular formula is C18H23N3O4S. The number of hydrogen-bond acceptors (Lipinski definition) is 5. The number of carbonyl (C=O) groups excluding carboxylic acids is 2. The predicted molar refractivity (Wildman–Crippen MR) is 101 cm³/mol. The lowest BCUT2D eigenvalue weighted by Gasteiger charge is -2.18. The molecular weight excluding hydrogens is 354 g/mol. The summed E-state index contributed by atoms with van der Waals surface area (Å²) in [5, 5.41) is 5.43. The highest BCUT2D eigenvalue weighted by Crippen LogP contribution is 2.06. The van der Waals surface area contributed by atoms with Crippen molar-refractivity contribution in [3.63, 3.8) is 0 Å². The molecule has 1 unspecified atom stereocenters. The standard InChI is InChI=1S/C18H23N3O4S/c1-11-9-12(2)20-16(22)13(11)10-19-17(23)14(6-8-26-3)21-18(24)15-5-4-7-25-15/h4-5,7,9,14H,6,8,10H2,1-3H3,(H,19,23)(H,20,22)(H,21,24). The van der Waals surface area contributed by atoms with E-state index in [1.165, 1.54) is 12.3 Å². The maximum atomic E-state index is 12.5. The summed E-state index contributed by atoms with van der Waals surface area (Å²) in [5.41, 5.74) is 1.87. The van der Waals surface area contributed by atoms with E-state index in [9.17, 15) is 14.4 Å². The smallest absolute Gasteiger partial charge is 0.287 e. The van der Waals surface area contributed by atoms with Gasteiger partial charge in [-0.05, 0) is 56.0 Å². The van der Waals surface area contributed by atoms with Gasteiger partial charge < -0.3 is 20.0 Å². The number of thioether (sulfide) groups is 1. The van der Waals surface area contributed by atoms with Crippen LogP contribution in [0.5, 0.6) is 0 Å². The number of rotatable bonds is 8. The van der Waals surface area contributed by atoms with E-state index in [0.29, 0.717) is 17.7 Å². The first-order valence-electron chi connectivity index (χ1n) is 8.22. The maximum Gasteiger partial charge on any atom is 0.287 e. The molecule has 0 aliphatic rings. The van der Waals surface area contributed by atoms with Crippen LogP contribution in [-0.4, -0.2) is 34.8 Å². The van der Waals surface area contributed by atoms with E-state index in [-0.39, 0.29) is 23.8 Å². The molecule has 0 fully saturated rings. The lowest BCUT2D eigenvalue weighted by molar-refractivity contribution is -0.123. The fourth-order valence-electron chi connectivity index (χ4n) is 2.54. The second kappa shape index (κ2) is 9.28. The monoisotopic (exact) mass is 377 g/mol. The molecule has 140 valence electrons. The second-order valence-electron chi connectivity index (χ2n) is 5.95. The molecule has 2 heterocycles. The highest BCUT2D eigenvalue weighted by atomic mass is 32.2. The summed E-state index contributed by atoms with van der Waals surface area (Å²) in [4.78, 5) is 39.5. The molecule has 0 aromatic carbocycles. The van der Waals surface area contributed by atoms with Crippen LogP contribution in [0, 0.1) is 13.8 Å². The Hall–Kier alpha value is -2.48. The van der Waals surface area contributed by atoms with Crippen LogP contribution in [0.25, 0.3) is 0 Å². The molecule has 2 aromatic heterocycles. The van der Waals surface area contributed by atoms with Gasteiger partial charge in [0.15, 0.2) is 5.76 Å². The molecule has 0 aliphatic carbocycles. The molecule has 2 aromatic rings. The largest absolute Gasteiger partial charge is 0.459 e. The molecule has 8 heteroatoms. The molecule has 1 atom stereocenters. The van der Waals surface area contributed by atoms with Gasteiger partial charge in [0.2, 0.25) is 5.91 Å². The number of aromatic amines is 1. The van der Waals surface area contributed by atoms with Gasteiger partial charge in [0.1, 0.15) is 6.04 Å². The Morgan fingerprint density at radius 3 is 2.73 bits per heavy atom. The van der Waals surface area contributed by atoms with Crippen molar-refractivity contribution in [1.29, 1.82) is 0 Å². The third-order valence-corrected chi connectivity index (χ3v) is 4.55. The number of carbonyl (C=O) groups is 2. The normalized spacial score (nSPS) is 11.8. The SMILES string of the molecule is CSCCC(NC(=O)c1ccco1)C(=O)NCc1c(C)cc(C)[nH]c1=O. The van der Waals surface area contributed by atoms with Gasteiger partial charge in [-0.25, -0.2) is 0 Å². The van der Waals surface area contributed by atoms with Crippen LogP contribution in [0.4, 0.5) is 0 Å². The van der Waals surface area contributed by atoms with Gasteiger partial charge in [-0.2, -0.15) is 11.8 Å². The van der Waals surface area contributed by atoms with E-state index in [1.807, 2.05) is 19.2 Å². The van der Waals surface area contributed by atoms with Crippen LogP contribution >= 0.6 is 11.8 Å². The van der Waals surface area contributed by atoms with Crippen LogP contribution in [0.15, 0.2) is 33.7 Å². The summed E-state index contributed by atoms with van der Waals surface area (Å²) >= 11 is 1.58. The lowest BCUT2D eigenvalue weighted by Crippen LogP contribution is -2.47. The minimum absolute atomic E-state index is 0.104. The quantitative estimate of drug-likeness (QED) is 0.650. The Kier molecular flexibility index (Phi) is 7.08. The van der Waals surface area contributed by atoms with Crippen LogP contribution in [0.3, 0.4) is 0 Å². The van der Waals surface area contributed by atoms with E-state index in [4.69, 9.17) is 4.42 Å². The fraction of sp³-hybridized carbons (Fsp3) is 0.389. The molecule has 2 rings (SSSR count). The van der Waals surface area contributed by atoms with Gasteiger partial charge in [-0.1, -0.05) is 0 Å². The van der Waals surface area contributed by atoms with Crippen molar-refractivity contribution in [3.8, 4) is 0 Å². The summed E-state index contributed by atoms with van der Waals surface area (Å²) in [6.45, 7) is 3.74. The zero-order valence-electron chi connectivity index (χ0n) is 15.0. The first-order valence-corrected chi connectivity index (χ1v) is 9.62. The first-order chi connectivity index (χ1) is 12.4. The van der Waals surface area contributed by atoms with Crippen molar-refractivity contribution in [3.05, 3.63) is 57.4 Å². The van der Waals surface area contributed by atoms with Crippen molar-refractivity contribution in [1.82, 2.24) is 15.6 Å². The van der Waals surface area contributed by atoms with Gasteiger partial charge in [0.25, 0.3) is 11.5 Å². The second-order valence-corrected chi connectivity index (χ2v) is 6.93. The molecule has 0 saturated heterocycles. The van der Waals surface area contributed by atoms with Gasteiger partial charge in [0, 0.05) is 17.8 Å². The first kappa shape index (κ1) is 19.8. The molecule has 0 aliphatic heterocycles. The predicted octanol–water partition coefficient (Wildman–Crippen LogP) is 1.75. The van der Waals surface area contributed by atoms with Crippen LogP contribution in [0.1, 0.15) is 33.8 Å². The van der Waals surface area contributed by atoms with Crippen molar-refractivity contribution in [2.75, 3.05) is 12.0 Å². The summed E-state index contributed by atoms with van der Waals surface area (Å²) < 4.78 is 5.06. The number of aromatic nitrogens is 1. The van der Waals surface area contributed by atoms with E-state index < -0.39 is 11.9 Å². The van der Waals surface area contributed by atoms with Crippen molar-refractivity contribution >= 4 is 23.6 Å². The molecule has 26 heavy (non-hydrogen) atoms. The van der Waals surface area contributed by atoms with Crippen molar-refractivity contribution in [2.45, 2.75) is 32.9 Å². The molecule has 0 radical (unpaired) electrons. The Morgan fingerprint density at radius 1 is 1.35 bits per heavy atom. The third-order valence-electron chi connectivity index (χ3n) is 3.91. The van der Waals surface area contributed by atoms with Crippen molar-refractivity contribution < 1.29 is 14.0 Å². The highest BCUT2D eigenvalue weighted by Gasteiger charge is 2.22. The number of pyridine rings is 1. The zero-order valence-corrected chi connectivity index (χ0v) is 15.9. The maximum absolute atomic E-state index is 12.5. The number of amides is 2.